The fraction of sp³-hybridized carbons (Fsp3) is 0.533. The molecule has 0 aromatic carbocycles. The summed E-state index contributed by atoms with van der Waals surface area (Å²) in [5.74, 6) is 0.0279. The van der Waals surface area contributed by atoms with E-state index >= 15 is 0 Å². The van der Waals surface area contributed by atoms with Gasteiger partial charge in [-0.1, -0.05) is 5.21 Å². The third-order valence-electron chi connectivity index (χ3n) is 4.27. The third-order valence-corrected chi connectivity index (χ3v) is 4.95. The van der Waals surface area contributed by atoms with Crippen molar-refractivity contribution in [2.24, 2.45) is 5.92 Å². The molecule has 4 heterocycles. The van der Waals surface area contributed by atoms with Gasteiger partial charge in [0.05, 0.1) is 37.5 Å². The summed E-state index contributed by atoms with van der Waals surface area (Å²) in [6, 6.07) is 2.03. The molecule has 4 rings (SSSR count). The van der Waals surface area contributed by atoms with Crippen LogP contribution in [-0.4, -0.2) is 46.8 Å². The molecule has 1 amide bonds. The smallest absolute Gasteiger partial charge is 0.225 e. The van der Waals surface area contributed by atoms with Crippen molar-refractivity contribution in [1.29, 1.82) is 0 Å². The lowest BCUT2D eigenvalue weighted by atomic mass is 10.1. The number of nitrogens with zero attached hydrogens (tertiary/aromatic N) is 3. The Labute approximate surface area is 137 Å². The van der Waals surface area contributed by atoms with Crippen molar-refractivity contribution in [3.05, 3.63) is 22.5 Å². The molecule has 2 atom stereocenters. The Bertz CT molecular complexity index is 679. The Kier molecular flexibility index (Phi) is 4.11. The molecule has 0 bridgehead atoms. The number of amides is 1. The number of carbonyl (C=O) groups excluding carboxylic acids is 1. The number of ether oxygens (including phenoxy) is 2. The number of hydrogen-bond acceptors (Lipinski definition) is 6. The maximum Gasteiger partial charge on any atom is 0.225 e. The fourth-order valence-electron chi connectivity index (χ4n) is 2.91. The molecule has 0 saturated carbocycles. The van der Waals surface area contributed by atoms with Gasteiger partial charge in [0.25, 0.3) is 0 Å². The van der Waals surface area contributed by atoms with Gasteiger partial charge in [0.1, 0.15) is 5.69 Å². The molecule has 1 N–H and O–H groups in total. The zero-order valence-corrected chi connectivity index (χ0v) is 13.4. The van der Waals surface area contributed by atoms with E-state index < -0.39 is 0 Å². The second-order valence-electron chi connectivity index (χ2n) is 5.82. The summed E-state index contributed by atoms with van der Waals surface area (Å²) in [5.41, 5.74) is 2.96. The van der Waals surface area contributed by atoms with Crippen molar-refractivity contribution in [3.8, 4) is 11.3 Å². The van der Waals surface area contributed by atoms with Crippen LogP contribution in [0.5, 0.6) is 0 Å². The summed E-state index contributed by atoms with van der Waals surface area (Å²) >= 11 is 1.64. The first-order chi connectivity index (χ1) is 11.3. The summed E-state index contributed by atoms with van der Waals surface area (Å²) < 4.78 is 13.0. The Morgan fingerprint density at radius 3 is 3.26 bits per heavy atom. The first kappa shape index (κ1) is 14.8. The molecule has 0 unspecified atom stereocenters. The molecule has 7 nitrogen and oxygen atoms in total. The van der Waals surface area contributed by atoms with Crippen LogP contribution in [0.25, 0.3) is 11.3 Å². The lowest BCUT2D eigenvalue weighted by Gasteiger charge is -2.24. The molecule has 2 aliphatic heterocycles. The molecule has 2 aromatic heterocycles. The summed E-state index contributed by atoms with van der Waals surface area (Å²) in [5, 5.41) is 15.5. The van der Waals surface area contributed by atoms with Gasteiger partial charge in [-0.05, 0) is 17.9 Å². The molecular formula is C15H18N4O3S. The third kappa shape index (κ3) is 3.01. The normalized spacial score (nSPS) is 23.7. The van der Waals surface area contributed by atoms with Gasteiger partial charge in [-0.2, -0.15) is 11.3 Å². The van der Waals surface area contributed by atoms with Gasteiger partial charge in [-0.25, -0.2) is 4.68 Å². The highest BCUT2D eigenvalue weighted by Gasteiger charge is 2.27. The van der Waals surface area contributed by atoms with Crippen LogP contribution in [0.1, 0.15) is 12.1 Å². The van der Waals surface area contributed by atoms with E-state index in [9.17, 15) is 4.79 Å². The van der Waals surface area contributed by atoms with Crippen molar-refractivity contribution < 1.29 is 14.3 Å². The topological polar surface area (TPSA) is 78.3 Å². The number of aromatic nitrogens is 3. The fourth-order valence-corrected chi connectivity index (χ4v) is 3.55. The average molecular weight is 334 g/mol. The van der Waals surface area contributed by atoms with E-state index in [4.69, 9.17) is 9.47 Å². The quantitative estimate of drug-likeness (QED) is 0.904. The Morgan fingerprint density at radius 2 is 2.48 bits per heavy atom. The number of nitrogens with one attached hydrogen (secondary N) is 1. The van der Waals surface area contributed by atoms with Crippen LogP contribution in [0, 0.1) is 5.92 Å². The van der Waals surface area contributed by atoms with E-state index in [0.717, 1.165) is 23.4 Å². The minimum atomic E-state index is -0.0780. The van der Waals surface area contributed by atoms with E-state index in [1.54, 1.807) is 11.3 Å². The Morgan fingerprint density at radius 1 is 1.52 bits per heavy atom. The van der Waals surface area contributed by atoms with Gasteiger partial charge in [0.2, 0.25) is 5.91 Å². The molecule has 1 saturated heterocycles. The number of carbonyl (C=O) groups is 1. The molecule has 2 aliphatic rings. The minimum absolute atomic E-state index is 0.0225. The number of hydrogen-bond donors (Lipinski definition) is 1. The number of rotatable bonds is 4. The highest BCUT2D eigenvalue weighted by atomic mass is 32.1. The highest BCUT2D eigenvalue weighted by Crippen LogP contribution is 2.26. The average Bonchev–Trinajstić information content (AvgIpc) is 3.32. The molecule has 0 spiro atoms. The predicted molar refractivity (Wildman–Crippen MR) is 83.8 cm³/mol. The zero-order chi connectivity index (χ0) is 15.6. The Balaban J connectivity index is 1.37. The van der Waals surface area contributed by atoms with Crippen LogP contribution in [0.4, 0.5) is 0 Å². The van der Waals surface area contributed by atoms with Crippen LogP contribution in [0.15, 0.2) is 16.8 Å². The van der Waals surface area contributed by atoms with Crippen LogP contribution in [0.2, 0.25) is 0 Å². The van der Waals surface area contributed by atoms with Crippen molar-refractivity contribution in [2.75, 3.05) is 19.8 Å². The van der Waals surface area contributed by atoms with E-state index in [1.165, 1.54) is 0 Å². The van der Waals surface area contributed by atoms with Crippen LogP contribution < -0.4 is 5.32 Å². The second kappa shape index (κ2) is 6.38. The minimum Gasteiger partial charge on any atom is -0.381 e. The van der Waals surface area contributed by atoms with E-state index in [-0.39, 0.29) is 17.9 Å². The number of fused-ring (bicyclic) bond motifs is 1. The molecule has 1 fully saturated rings. The molecule has 2 aromatic rings. The van der Waals surface area contributed by atoms with Crippen LogP contribution in [-0.2, 0) is 27.4 Å². The van der Waals surface area contributed by atoms with Gasteiger partial charge in [-0.3, -0.25) is 4.79 Å². The summed E-state index contributed by atoms with van der Waals surface area (Å²) in [6.07, 6.45) is 0.722. The van der Waals surface area contributed by atoms with E-state index in [1.807, 2.05) is 16.1 Å². The van der Waals surface area contributed by atoms with Crippen molar-refractivity contribution in [2.45, 2.75) is 25.7 Å². The summed E-state index contributed by atoms with van der Waals surface area (Å²) in [6.45, 7) is 2.75. The van der Waals surface area contributed by atoms with Gasteiger partial charge in [-0.15, -0.1) is 5.10 Å². The molecule has 122 valence electrons. The van der Waals surface area contributed by atoms with Crippen molar-refractivity contribution in [3.63, 3.8) is 0 Å². The number of thiophene rings is 1. The summed E-state index contributed by atoms with van der Waals surface area (Å²) in [7, 11) is 0. The van der Waals surface area contributed by atoms with E-state index in [2.05, 4.69) is 21.0 Å². The van der Waals surface area contributed by atoms with Gasteiger partial charge < -0.3 is 14.8 Å². The largest absolute Gasteiger partial charge is 0.381 e. The Hall–Kier alpha value is -1.77. The summed E-state index contributed by atoms with van der Waals surface area (Å²) in [4.78, 5) is 12.0. The van der Waals surface area contributed by atoms with Gasteiger partial charge in [0, 0.05) is 24.1 Å². The lowest BCUT2D eigenvalue weighted by molar-refractivity contribution is -0.126. The predicted octanol–water partition coefficient (Wildman–Crippen LogP) is 1.06. The molecular weight excluding hydrogens is 316 g/mol. The monoisotopic (exact) mass is 334 g/mol. The molecule has 23 heavy (non-hydrogen) atoms. The lowest BCUT2D eigenvalue weighted by Crippen LogP contribution is -2.41. The molecule has 0 radical (unpaired) electrons. The van der Waals surface area contributed by atoms with Crippen molar-refractivity contribution in [1.82, 2.24) is 20.3 Å². The second-order valence-corrected chi connectivity index (χ2v) is 6.60. The maximum atomic E-state index is 12.0. The standard InChI is InChI=1S/C15H18N4O3S/c20-15(10-1-3-21-7-10)16-5-12-6-19-13(8-22-12)14(17-18-19)11-2-4-23-9-11/h2,4,9-10,12H,1,3,5-8H2,(H,16,20)/t10-,12-/m0/s1. The molecule has 0 aliphatic carbocycles. The molecule has 8 heteroatoms. The SMILES string of the molecule is O=C(NC[C@H]1Cn2nnc(-c3ccsc3)c2CO1)[C@H]1CCOC1. The van der Waals surface area contributed by atoms with E-state index in [0.29, 0.717) is 32.9 Å². The zero-order valence-electron chi connectivity index (χ0n) is 12.6. The highest BCUT2D eigenvalue weighted by molar-refractivity contribution is 7.08. The van der Waals surface area contributed by atoms with Crippen LogP contribution >= 0.6 is 11.3 Å². The first-order valence-corrected chi connectivity index (χ1v) is 8.67. The van der Waals surface area contributed by atoms with Gasteiger partial charge in [0.15, 0.2) is 0 Å². The van der Waals surface area contributed by atoms with Crippen LogP contribution in [0.3, 0.4) is 0 Å². The van der Waals surface area contributed by atoms with Crippen molar-refractivity contribution >= 4 is 17.2 Å². The van der Waals surface area contributed by atoms with Gasteiger partial charge >= 0.3 is 0 Å². The first-order valence-electron chi connectivity index (χ1n) is 7.73. The maximum absolute atomic E-state index is 12.0.